The number of Topliss-reactive ketones (excluding diaryl/α,β-unsaturated/α-hetero) is 1. The molecule has 6 nitrogen and oxygen atoms in total. The monoisotopic (exact) mass is 381 g/mol. The molecular weight excluding hydrogens is 368 g/mol. The average Bonchev–Trinajstić information content (AvgIpc) is 3.19. The molecule has 0 spiro atoms. The van der Waals surface area contributed by atoms with E-state index in [2.05, 4.69) is 15.3 Å². The van der Waals surface area contributed by atoms with Crippen molar-refractivity contribution in [1.82, 2.24) is 4.98 Å². The van der Waals surface area contributed by atoms with Gasteiger partial charge in [-0.15, -0.1) is 0 Å². The summed E-state index contributed by atoms with van der Waals surface area (Å²) in [5.41, 5.74) is 1.12. The maximum atomic E-state index is 13.9. The Morgan fingerprint density at radius 2 is 2.11 bits per heavy atom. The van der Waals surface area contributed by atoms with Gasteiger partial charge in [0.25, 0.3) is 0 Å². The molecule has 0 atom stereocenters. The number of ketones is 1. The zero-order chi connectivity index (χ0) is 19.8. The fourth-order valence-electron chi connectivity index (χ4n) is 2.85. The van der Waals surface area contributed by atoms with Crippen LogP contribution >= 0.6 is 0 Å². The summed E-state index contributed by atoms with van der Waals surface area (Å²) in [6.45, 7) is 1.24. The van der Waals surface area contributed by atoms with Crippen molar-refractivity contribution in [2.24, 2.45) is 4.99 Å². The Hall–Kier alpha value is -3.81. The molecule has 3 aromatic rings. The third-order valence-electron chi connectivity index (χ3n) is 4.15. The zero-order valence-corrected chi connectivity index (χ0v) is 14.5. The Labute approximate surface area is 157 Å². The number of aromatic hydroxyl groups is 1. The van der Waals surface area contributed by atoms with Crippen LogP contribution in [-0.4, -0.2) is 22.1 Å². The number of hydrogen-bond donors (Lipinski definition) is 2. The van der Waals surface area contributed by atoms with E-state index in [9.17, 15) is 18.7 Å². The summed E-state index contributed by atoms with van der Waals surface area (Å²) in [6.07, 6.45) is 4.67. The van der Waals surface area contributed by atoms with Crippen molar-refractivity contribution >= 4 is 41.0 Å². The first-order valence-electron chi connectivity index (χ1n) is 8.24. The van der Waals surface area contributed by atoms with Crippen molar-refractivity contribution in [3.63, 3.8) is 0 Å². The van der Waals surface area contributed by atoms with Crippen molar-refractivity contribution < 1.29 is 23.1 Å². The van der Waals surface area contributed by atoms with Crippen LogP contribution in [0, 0.1) is 11.6 Å². The van der Waals surface area contributed by atoms with E-state index in [4.69, 9.17) is 4.42 Å². The summed E-state index contributed by atoms with van der Waals surface area (Å²) in [6, 6.07) is 6.47. The average molecular weight is 381 g/mol. The topological polar surface area (TPSA) is 87.7 Å². The van der Waals surface area contributed by atoms with Crippen LogP contribution in [0.2, 0.25) is 0 Å². The van der Waals surface area contributed by atoms with Crippen molar-refractivity contribution in [1.29, 1.82) is 0 Å². The van der Waals surface area contributed by atoms with Crippen LogP contribution in [0.25, 0.3) is 11.6 Å². The van der Waals surface area contributed by atoms with Gasteiger partial charge in [0.2, 0.25) is 5.88 Å². The lowest BCUT2D eigenvalue weighted by Crippen LogP contribution is -1.99. The molecule has 1 aliphatic heterocycles. The summed E-state index contributed by atoms with van der Waals surface area (Å²) in [5, 5.41) is 13.1. The van der Waals surface area contributed by atoms with Gasteiger partial charge in [0, 0.05) is 29.6 Å². The van der Waals surface area contributed by atoms with Crippen molar-refractivity contribution in [3.8, 4) is 5.75 Å². The SMILES string of the molecule is CC(=O)c1c(Nc2ccc(F)cc2F)oc(C=C2C=Nc3ncccc32)c1O. The minimum atomic E-state index is -0.867. The summed E-state index contributed by atoms with van der Waals surface area (Å²) in [4.78, 5) is 20.3. The second-order valence-corrected chi connectivity index (χ2v) is 6.06. The smallest absolute Gasteiger partial charge is 0.212 e. The lowest BCUT2D eigenvalue weighted by Gasteiger charge is -2.05. The number of halogens is 2. The second-order valence-electron chi connectivity index (χ2n) is 6.06. The minimum Gasteiger partial charge on any atom is -0.504 e. The Bertz CT molecular complexity index is 1170. The number of aliphatic imine (C=N–C) groups is 1. The third-order valence-corrected chi connectivity index (χ3v) is 4.15. The maximum Gasteiger partial charge on any atom is 0.212 e. The van der Waals surface area contributed by atoms with Crippen molar-refractivity contribution in [2.75, 3.05) is 5.32 Å². The highest BCUT2D eigenvalue weighted by Crippen LogP contribution is 2.39. The molecule has 2 aromatic heterocycles. The fourth-order valence-corrected chi connectivity index (χ4v) is 2.85. The van der Waals surface area contributed by atoms with E-state index >= 15 is 0 Å². The van der Waals surface area contributed by atoms with Gasteiger partial charge in [-0.05, 0) is 37.3 Å². The van der Waals surface area contributed by atoms with Crippen LogP contribution in [0.5, 0.6) is 5.75 Å². The highest BCUT2D eigenvalue weighted by molar-refractivity contribution is 6.21. The summed E-state index contributed by atoms with van der Waals surface area (Å²) in [7, 11) is 0. The molecule has 28 heavy (non-hydrogen) atoms. The van der Waals surface area contributed by atoms with Gasteiger partial charge in [-0.1, -0.05) is 0 Å². The number of pyridine rings is 1. The molecule has 8 heteroatoms. The van der Waals surface area contributed by atoms with Gasteiger partial charge in [-0.3, -0.25) is 4.79 Å². The number of carbonyl (C=O) groups excluding carboxylic acids is 1. The number of anilines is 2. The first kappa shape index (κ1) is 17.6. The van der Waals surface area contributed by atoms with Crippen LogP contribution in [-0.2, 0) is 0 Å². The lowest BCUT2D eigenvalue weighted by atomic mass is 10.1. The van der Waals surface area contributed by atoms with Gasteiger partial charge in [-0.2, -0.15) is 0 Å². The van der Waals surface area contributed by atoms with Gasteiger partial charge in [0.15, 0.2) is 23.1 Å². The third kappa shape index (κ3) is 3.05. The number of nitrogens with zero attached hydrogens (tertiary/aromatic N) is 2. The Balaban J connectivity index is 1.77. The predicted octanol–water partition coefficient (Wildman–Crippen LogP) is 4.86. The second kappa shape index (κ2) is 6.73. The molecule has 0 unspecified atom stereocenters. The molecule has 1 aliphatic rings. The molecule has 0 radical (unpaired) electrons. The number of rotatable bonds is 4. The number of aromatic nitrogens is 1. The molecule has 1 aromatic carbocycles. The molecule has 0 saturated carbocycles. The van der Waals surface area contributed by atoms with Crippen LogP contribution in [0.4, 0.5) is 26.2 Å². The molecule has 0 aliphatic carbocycles. The normalized spacial score (nSPS) is 13.8. The number of furan rings is 1. The standard InChI is InChI=1S/C20H13F2N3O3/c1-10(26)17-18(27)16(7-11-9-24-19-13(11)3-2-6-23-19)28-20(17)25-15-5-4-12(21)8-14(15)22/h2-9,25,27H,1H3. The molecule has 140 valence electrons. The fraction of sp³-hybridized carbons (Fsp3) is 0.0500. The molecule has 4 rings (SSSR count). The Kier molecular flexibility index (Phi) is 4.23. The van der Waals surface area contributed by atoms with Gasteiger partial charge >= 0.3 is 0 Å². The predicted molar refractivity (Wildman–Crippen MR) is 100 cm³/mol. The summed E-state index contributed by atoms with van der Waals surface area (Å²) >= 11 is 0. The van der Waals surface area contributed by atoms with Gasteiger partial charge in [0.1, 0.15) is 17.2 Å². The summed E-state index contributed by atoms with van der Waals surface area (Å²) < 4.78 is 32.6. The van der Waals surface area contributed by atoms with Crippen molar-refractivity contribution in [2.45, 2.75) is 6.92 Å². The van der Waals surface area contributed by atoms with E-state index in [1.54, 1.807) is 24.5 Å². The van der Waals surface area contributed by atoms with Crippen LogP contribution < -0.4 is 5.32 Å². The van der Waals surface area contributed by atoms with Crippen molar-refractivity contribution in [3.05, 3.63) is 65.1 Å². The number of hydrogen-bond acceptors (Lipinski definition) is 6. The lowest BCUT2D eigenvalue weighted by molar-refractivity contribution is 0.101. The van der Waals surface area contributed by atoms with Gasteiger partial charge in [0.05, 0.1) is 5.69 Å². The van der Waals surface area contributed by atoms with E-state index in [-0.39, 0.29) is 22.9 Å². The molecule has 3 heterocycles. The number of nitrogens with one attached hydrogen (secondary N) is 1. The van der Waals surface area contributed by atoms with Gasteiger partial charge in [-0.25, -0.2) is 18.8 Å². The Morgan fingerprint density at radius 3 is 2.86 bits per heavy atom. The van der Waals surface area contributed by atoms with Crippen LogP contribution in [0.15, 0.2) is 45.9 Å². The molecule has 0 saturated heterocycles. The van der Waals surface area contributed by atoms with E-state index in [0.717, 1.165) is 17.7 Å². The zero-order valence-electron chi connectivity index (χ0n) is 14.5. The van der Waals surface area contributed by atoms with Crippen LogP contribution in [0.1, 0.15) is 28.6 Å². The number of fused-ring (bicyclic) bond motifs is 1. The van der Waals surface area contributed by atoms with E-state index in [0.29, 0.717) is 17.5 Å². The summed E-state index contributed by atoms with van der Waals surface area (Å²) in [5.74, 6) is -2.12. The van der Waals surface area contributed by atoms with E-state index < -0.39 is 23.2 Å². The van der Waals surface area contributed by atoms with E-state index in [1.165, 1.54) is 13.0 Å². The molecule has 2 N–H and O–H groups in total. The minimum absolute atomic E-state index is 0.00614. The maximum absolute atomic E-state index is 13.9. The molecule has 0 fully saturated rings. The highest BCUT2D eigenvalue weighted by Gasteiger charge is 2.24. The highest BCUT2D eigenvalue weighted by atomic mass is 19.1. The first-order chi connectivity index (χ1) is 13.4. The quantitative estimate of drug-likeness (QED) is 0.630. The molecule has 0 bridgehead atoms. The van der Waals surface area contributed by atoms with E-state index in [1.807, 2.05) is 0 Å². The molecular formula is C20H13F2N3O3. The Morgan fingerprint density at radius 1 is 1.29 bits per heavy atom. The number of carbonyl (C=O) groups is 1. The first-order valence-corrected chi connectivity index (χ1v) is 8.24. The molecule has 0 amide bonds. The largest absolute Gasteiger partial charge is 0.504 e. The van der Waals surface area contributed by atoms with Crippen LogP contribution in [0.3, 0.4) is 0 Å². The number of allylic oxidation sites excluding steroid dienone is 1. The van der Waals surface area contributed by atoms with Gasteiger partial charge < -0.3 is 14.8 Å². The number of benzene rings is 1.